The van der Waals surface area contributed by atoms with Gasteiger partial charge in [0.1, 0.15) is 12.0 Å². The van der Waals surface area contributed by atoms with Crippen molar-refractivity contribution in [2.75, 3.05) is 0 Å². The van der Waals surface area contributed by atoms with Gasteiger partial charge in [-0.15, -0.1) is 0 Å². The van der Waals surface area contributed by atoms with Gasteiger partial charge in [-0.2, -0.15) is 10.2 Å². The summed E-state index contributed by atoms with van der Waals surface area (Å²) in [6, 6.07) is 3.14. The first-order valence-corrected chi connectivity index (χ1v) is 11.8. The minimum atomic E-state index is -2.63. The summed E-state index contributed by atoms with van der Waals surface area (Å²) in [5.74, 6) is -2.14. The van der Waals surface area contributed by atoms with E-state index in [1.54, 1.807) is 30.1 Å². The van der Waals surface area contributed by atoms with Gasteiger partial charge in [-0.25, -0.2) is 18.4 Å². The summed E-state index contributed by atoms with van der Waals surface area (Å²) in [7, 11) is 1.75. The average molecular weight is 482 g/mol. The summed E-state index contributed by atoms with van der Waals surface area (Å²) in [5.41, 5.74) is 3.80. The lowest BCUT2D eigenvalue weighted by Gasteiger charge is -2.29. The highest BCUT2D eigenvalue weighted by Gasteiger charge is 2.38. The number of fused-ring (bicyclic) bond motifs is 1. The van der Waals surface area contributed by atoms with Gasteiger partial charge in [-0.3, -0.25) is 14.5 Å². The third-order valence-electron chi connectivity index (χ3n) is 6.81. The molecule has 0 aromatic carbocycles. The van der Waals surface area contributed by atoms with Crippen LogP contribution in [0.15, 0.2) is 29.5 Å². The number of nitrogens with one attached hydrogen (secondary N) is 1. The molecule has 0 amide bonds. The maximum Gasteiger partial charge on any atom is 0.248 e. The van der Waals surface area contributed by atoms with E-state index < -0.39 is 5.92 Å². The minimum absolute atomic E-state index is 0.162. The maximum absolute atomic E-state index is 13.9. The molecule has 1 aliphatic rings. The normalized spacial score (nSPS) is 16.8. The Morgan fingerprint density at radius 1 is 1.17 bits per heavy atom. The Kier molecular flexibility index (Phi) is 5.37. The molecule has 1 fully saturated rings. The molecule has 5 rings (SSSR count). The molecular weight excluding hydrogens is 452 g/mol. The first-order valence-electron chi connectivity index (χ1n) is 11.8. The number of aryl methyl sites for hydroxylation is 1. The van der Waals surface area contributed by atoms with Crippen LogP contribution < -0.4 is 5.43 Å². The standard InChI is InChI=1S/C25H29F2N7O/c1-14-21(34(32-22(14)24(2,3)4)15-6-9-25(26,27)10-7-15)17-12-18(35)19-16(31-17)8-11-28-20(19)23-29-13-30-33(23)5/h8,11-13,15H,6-7,9-10H2,1-5H3,(H,31,35). The van der Waals surface area contributed by atoms with Crippen LogP contribution in [0.5, 0.6) is 0 Å². The highest BCUT2D eigenvalue weighted by atomic mass is 19.3. The number of hydrogen-bond donors (Lipinski definition) is 1. The SMILES string of the molecule is Cc1c(C(C)(C)C)nn(C2CCC(F)(F)CC2)c1-c1cc(=O)c2c(-c3ncnn3C)nccc2[nH]1. The number of pyridine rings is 2. The third-order valence-corrected chi connectivity index (χ3v) is 6.81. The van der Waals surface area contributed by atoms with Gasteiger partial charge in [0.25, 0.3) is 0 Å². The predicted octanol–water partition coefficient (Wildman–Crippen LogP) is 4.94. The molecular formula is C25H29F2N7O. The van der Waals surface area contributed by atoms with Crippen molar-refractivity contribution in [2.45, 2.75) is 70.8 Å². The van der Waals surface area contributed by atoms with E-state index in [9.17, 15) is 13.6 Å². The zero-order valence-corrected chi connectivity index (χ0v) is 20.6. The van der Waals surface area contributed by atoms with Crippen LogP contribution in [0.3, 0.4) is 0 Å². The topological polar surface area (TPSA) is 94.3 Å². The first-order chi connectivity index (χ1) is 16.5. The molecule has 4 heterocycles. The van der Waals surface area contributed by atoms with Gasteiger partial charge in [-0.1, -0.05) is 20.8 Å². The zero-order valence-electron chi connectivity index (χ0n) is 20.6. The van der Waals surface area contributed by atoms with Crippen molar-refractivity contribution >= 4 is 10.9 Å². The van der Waals surface area contributed by atoms with E-state index in [1.165, 1.54) is 6.33 Å². The summed E-state index contributed by atoms with van der Waals surface area (Å²) in [5, 5.41) is 9.44. The zero-order chi connectivity index (χ0) is 25.1. The Morgan fingerprint density at radius 3 is 2.51 bits per heavy atom. The molecule has 1 saturated carbocycles. The lowest BCUT2D eigenvalue weighted by molar-refractivity contribution is -0.0448. The highest BCUT2D eigenvalue weighted by Crippen LogP contribution is 2.42. The van der Waals surface area contributed by atoms with Gasteiger partial charge in [0.05, 0.1) is 34.0 Å². The smallest absolute Gasteiger partial charge is 0.248 e. The van der Waals surface area contributed by atoms with Gasteiger partial charge in [-0.05, 0) is 25.8 Å². The van der Waals surface area contributed by atoms with E-state index in [-0.39, 0.29) is 29.7 Å². The number of nitrogens with zero attached hydrogens (tertiary/aromatic N) is 6. The van der Waals surface area contributed by atoms with Gasteiger partial charge in [0.2, 0.25) is 5.92 Å². The summed E-state index contributed by atoms with van der Waals surface area (Å²) in [6.45, 7) is 8.21. The Morgan fingerprint density at radius 2 is 1.89 bits per heavy atom. The quantitative estimate of drug-likeness (QED) is 0.447. The van der Waals surface area contributed by atoms with Crippen molar-refractivity contribution in [1.82, 2.24) is 34.5 Å². The number of H-pyrrole nitrogens is 1. The van der Waals surface area contributed by atoms with E-state index in [0.29, 0.717) is 41.0 Å². The Bertz CT molecular complexity index is 1470. The number of halogens is 2. The number of aromatic nitrogens is 7. The summed E-state index contributed by atoms with van der Waals surface area (Å²) < 4.78 is 31.3. The van der Waals surface area contributed by atoms with Crippen molar-refractivity contribution in [3.63, 3.8) is 0 Å². The molecule has 0 atom stereocenters. The van der Waals surface area contributed by atoms with E-state index in [4.69, 9.17) is 5.10 Å². The molecule has 8 nitrogen and oxygen atoms in total. The van der Waals surface area contributed by atoms with Gasteiger partial charge >= 0.3 is 0 Å². The predicted molar refractivity (Wildman–Crippen MR) is 129 cm³/mol. The van der Waals surface area contributed by atoms with Crippen molar-refractivity contribution in [2.24, 2.45) is 7.05 Å². The van der Waals surface area contributed by atoms with Crippen LogP contribution in [0.4, 0.5) is 8.78 Å². The molecule has 1 N–H and O–H groups in total. The monoisotopic (exact) mass is 481 g/mol. The van der Waals surface area contributed by atoms with Crippen LogP contribution in [0.1, 0.15) is 63.8 Å². The molecule has 0 unspecified atom stereocenters. The molecule has 0 saturated heterocycles. The van der Waals surface area contributed by atoms with Crippen LogP contribution >= 0.6 is 0 Å². The maximum atomic E-state index is 13.9. The molecule has 0 radical (unpaired) electrons. The van der Waals surface area contributed by atoms with Crippen molar-refractivity contribution in [3.8, 4) is 22.9 Å². The van der Waals surface area contributed by atoms with Crippen molar-refractivity contribution in [1.29, 1.82) is 0 Å². The molecule has 4 aromatic heterocycles. The van der Waals surface area contributed by atoms with E-state index in [2.05, 4.69) is 40.8 Å². The summed E-state index contributed by atoms with van der Waals surface area (Å²) in [6.07, 6.45) is 3.39. The molecule has 184 valence electrons. The Hall–Kier alpha value is -3.43. The van der Waals surface area contributed by atoms with Crippen molar-refractivity contribution < 1.29 is 8.78 Å². The second-order valence-electron chi connectivity index (χ2n) is 10.4. The summed E-state index contributed by atoms with van der Waals surface area (Å²) >= 11 is 0. The van der Waals surface area contributed by atoms with Crippen LogP contribution in [0.25, 0.3) is 33.8 Å². The Balaban J connectivity index is 1.70. The van der Waals surface area contributed by atoms with E-state index >= 15 is 0 Å². The minimum Gasteiger partial charge on any atom is -0.353 e. The molecule has 35 heavy (non-hydrogen) atoms. The molecule has 0 bridgehead atoms. The fraction of sp³-hybridized carbons (Fsp3) is 0.480. The van der Waals surface area contributed by atoms with Crippen LogP contribution in [-0.2, 0) is 12.5 Å². The average Bonchev–Trinajstić information content (AvgIpc) is 3.36. The van der Waals surface area contributed by atoms with Crippen LogP contribution in [0, 0.1) is 6.92 Å². The first kappa shape index (κ1) is 23.3. The molecule has 0 spiro atoms. The van der Waals surface area contributed by atoms with Crippen LogP contribution in [0.2, 0.25) is 0 Å². The number of alkyl halides is 2. The van der Waals surface area contributed by atoms with Crippen LogP contribution in [-0.4, -0.2) is 40.4 Å². The largest absolute Gasteiger partial charge is 0.353 e. The van der Waals surface area contributed by atoms with E-state index in [0.717, 1.165) is 17.0 Å². The number of hydrogen-bond acceptors (Lipinski definition) is 5. The molecule has 0 aliphatic heterocycles. The summed E-state index contributed by atoms with van der Waals surface area (Å²) in [4.78, 5) is 25.5. The van der Waals surface area contributed by atoms with Crippen molar-refractivity contribution in [3.05, 3.63) is 46.1 Å². The molecule has 10 heteroatoms. The number of aromatic amines is 1. The second kappa shape index (κ2) is 8.07. The fourth-order valence-electron chi connectivity index (χ4n) is 5.10. The second-order valence-corrected chi connectivity index (χ2v) is 10.4. The van der Waals surface area contributed by atoms with E-state index in [1.807, 2.05) is 11.6 Å². The number of rotatable bonds is 3. The van der Waals surface area contributed by atoms with Gasteiger partial charge in [0.15, 0.2) is 11.3 Å². The fourth-order valence-corrected chi connectivity index (χ4v) is 5.10. The van der Waals surface area contributed by atoms with Gasteiger partial charge < -0.3 is 4.98 Å². The molecule has 1 aliphatic carbocycles. The molecule has 4 aromatic rings. The lowest BCUT2D eigenvalue weighted by atomic mass is 9.88. The lowest BCUT2D eigenvalue weighted by Crippen LogP contribution is -2.27. The highest BCUT2D eigenvalue weighted by molar-refractivity contribution is 5.91. The van der Waals surface area contributed by atoms with Gasteiger partial charge in [0, 0.05) is 43.1 Å². The Labute approximate surface area is 201 Å². The third kappa shape index (κ3) is 4.04.